The molecule has 4 heteroatoms. The van der Waals surface area contributed by atoms with E-state index in [9.17, 15) is 4.39 Å². The van der Waals surface area contributed by atoms with Crippen LogP contribution in [0.15, 0.2) is 36.8 Å². The van der Waals surface area contributed by atoms with Crippen LogP contribution >= 0.6 is 0 Å². The number of rotatable bonds is 2. The Morgan fingerprint density at radius 2 is 2.06 bits per heavy atom. The monoisotopic (exact) mass is 213 g/mol. The molecular weight excluding hydrogens is 205 g/mol. The van der Waals surface area contributed by atoms with Crippen LogP contribution in [0.4, 0.5) is 4.39 Å². The second kappa shape index (κ2) is 4.49. The van der Waals surface area contributed by atoms with Gasteiger partial charge in [0.05, 0.1) is 24.4 Å². The Kier molecular flexibility index (Phi) is 2.88. The summed E-state index contributed by atoms with van der Waals surface area (Å²) in [5.41, 5.74) is 2.03. The van der Waals surface area contributed by atoms with Crippen molar-refractivity contribution in [1.29, 1.82) is 5.26 Å². The van der Waals surface area contributed by atoms with Crippen molar-refractivity contribution in [3.05, 3.63) is 48.3 Å². The predicted molar refractivity (Wildman–Crippen MR) is 56.7 cm³/mol. The van der Waals surface area contributed by atoms with Crippen LogP contribution in [0.3, 0.4) is 0 Å². The number of aromatic nitrogens is 2. The van der Waals surface area contributed by atoms with Gasteiger partial charge in [-0.3, -0.25) is 9.97 Å². The molecule has 0 N–H and O–H groups in total. The van der Waals surface area contributed by atoms with Crippen molar-refractivity contribution in [3.8, 4) is 17.2 Å². The first kappa shape index (κ1) is 10.2. The van der Waals surface area contributed by atoms with Crippen LogP contribution in [0.1, 0.15) is 5.69 Å². The summed E-state index contributed by atoms with van der Waals surface area (Å²) < 4.78 is 13.1. The SMILES string of the molecule is N#CCc1ncc(F)cc1-c1ccncc1. The van der Waals surface area contributed by atoms with Crippen molar-refractivity contribution in [2.45, 2.75) is 6.42 Å². The molecule has 0 saturated carbocycles. The second-order valence-electron chi connectivity index (χ2n) is 3.22. The lowest BCUT2D eigenvalue weighted by molar-refractivity contribution is 0.620. The molecule has 0 amide bonds. The topological polar surface area (TPSA) is 49.6 Å². The van der Waals surface area contributed by atoms with Crippen LogP contribution in [0.5, 0.6) is 0 Å². The minimum Gasteiger partial charge on any atom is -0.265 e. The van der Waals surface area contributed by atoms with Gasteiger partial charge in [0.25, 0.3) is 0 Å². The Morgan fingerprint density at radius 3 is 2.75 bits per heavy atom. The van der Waals surface area contributed by atoms with E-state index in [0.29, 0.717) is 11.3 Å². The fourth-order valence-electron chi connectivity index (χ4n) is 1.46. The predicted octanol–water partition coefficient (Wildman–Crippen LogP) is 2.35. The molecule has 2 heterocycles. The molecule has 0 saturated heterocycles. The van der Waals surface area contributed by atoms with E-state index in [0.717, 1.165) is 11.8 Å². The van der Waals surface area contributed by atoms with Crippen molar-refractivity contribution in [2.24, 2.45) is 0 Å². The molecule has 0 bridgehead atoms. The highest BCUT2D eigenvalue weighted by molar-refractivity contribution is 5.65. The highest BCUT2D eigenvalue weighted by atomic mass is 19.1. The number of nitriles is 1. The number of pyridine rings is 2. The van der Waals surface area contributed by atoms with Gasteiger partial charge in [-0.15, -0.1) is 0 Å². The van der Waals surface area contributed by atoms with E-state index in [-0.39, 0.29) is 6.42 Å². The van der Waals surface area contributed by atoms with Crippen LogP contribution < -0.4 is 0 Å². The van der Waals surface area contributed by atoms with Crippen molar-refractivity contribution in [2.75, 3.05) is 0 Å². The molecule has 16 heavy (non-hydrogen) atoms. The van der Waals surface area contributed by atoms with Crippen molar-refractivity contribution in [1.82, 2.24) is 9.97 Å². The lowest BCUT2D eigenvalue weighted by Crippen LogP contribution is -1.94. The number of hydrogen-bond acceptors (Lipinski definition) is 3. The van der Waals surface area contributed by atoms with E-state index in [1.54, 1.807) is 24.5 Å². The summed E-state index contributed by atoms with van der Waals surface area (Å²) in [6, 6.07) is 6.92. The summed E-state index contributed by atoms with van der Waals surface area (Å²) in [6.45, 7) is 0. The maximum absolute atomic E-state index is 13.1. The Morgan fingerprint density at radius 1 is 1.31 bits per heavy atom. The zero-order valence-corrected chi connectivity index (χ0v) is 8.39. The molecule has 2 aromatic heterocycles. The van der Waals surface area contributed by atoms with Crippen molar-refractivity contribution >= 4 is 0 Å². The van der Waals surface area contributed by atoms with Gasteiger partial charge in [0.15, 0.2) is 0 Å². The van der Waals surface area contributed by atoms with Gasteiger partial charge in [0.2, 0.25) is 0 Å². The maximum Gasteiger partial charge on any atom is 0.142 e. The Hall–Kier alpha value is -2.28. The number of hydrogen-bond donors (Lipinski definition) is 0. The van der Waals surface area contributed by atoms with Gasteiger partial charge in [-0.1, -0.05) is 0 Å². The largest absolute Gasteiger partial charge is 0.265 e. The summed E-state index contributed by atoms with van der Waals surface area (Å²) in [7, 11) is 0. The van der Waals surface area contributed by atoms with E-state index in [4.69, 9.17) is 5.26 Å². The van der Waals surface area contributed by atoms with Crippen LogP contribution in [-0.2, 0) is 6.42 Å². The standard InChI is InChI=1S/C12H8FN3/c13-10-7-11(9-2-5-15-6-3-9)12(1-4-14)16-8-10/h2-3,5-8H,1H2. The molecule has 0 aliphatic rings. The van der Waals surface area contributed by atoms with E-state index in [1.807, 2.05) is 6.07 Å². The highest BCUT2D eigenvalue weighted by Gasteiger charge is 2.07. The van der Waals surface area contributed by atoms with Gasteiger partial charge in [0, 0.05) is 18.0 Å². The van der Waals surface area contributed by atoms with Crippen LogP contribution in [0, 0.1) is 17.1 Å². The van der Waals surface area contributed by atoms with Gasteiger partial charge >= 0.3 is 0 Å². The molecule has 0 aromatic carbocycles. The Labute approximate surface area is 92.2 Å². The second-order valence-corrected chi connectivity index (χ2v) is 3.22. The van der Waals surface area contributed by atoms with Crippen molar-refractivity contribution in [3.63, 3.8) is 0 Å². The summed E-state index contributed by atoms with van der Waals surface area (Å²) in [6.07, 6.45) is 4.53. The van der Waals surface area contributed by atoms with Gasteiger partial charge in [-0.25, -0.2) is 4.39 Å². The quantitative estimate of drug-likeness (QED) is 0.769. The Balaban J connectivity index is 2.55. The number of nitrogens with zero attached hydrogens (tertiary/aromatic N) is 3. The molecule has 0 spiro atoms. The summed E-state index contributed by atoms with van der Waals surface area (Å²) in [5, 5.41) is 8.66. The van der Waals surface area contributed by atoms with Gasteiger partial charge < -0.3 is 0 Å². The number of halogens is 1. The molecule has 2 aromatic rings. The third-order valence-electron chi connectivity index (χ3n) is 2.17. The lowest BCUT2D eigenvalue weighted by atomic mass is 10.0. The van der Waals surface area contributed by atoms with E-state index in [2.05, 4.69) is 9.97 Å². The zero-order chi connectivity index (χ0) is 11.4. The molecule has 0 atom stereocenters. The van der Waals surface area contributed by atoms with E-state index < -0.39 is 5.82 Å². The molecule has 0 aliphatic heterocycles. The Bertz CT molecular complexity index is 532. The molecular formula is C12H8FN3. The summed E-state index contributed by atoms with van der Waals surface area (Å²) in [4.78, 5) is 7.82. The van der Waals surface area contributed by atoms with Crippen molar-refractivity contribution < 1.29 is 4.39 Å². The van der Waals surface area contributed by atoms with E-state index in [1.165, 1.54) is 6.07 Å². The van der Waals surface area contributed by atoms with Gasteiger partial charge in [-0.2, -0.15) is 5.26 Å². The van der Waals surface area contributed by atoms with Gasteiger partial charge in [-0.05, 0) is 23.8 Å². The average Bonchev–Trinajstić information content (AvgIpc) is 2.33. The minimum atomic E-state index is -0.409. The molecule has 78 valence electrons. The smallest absolute Gasteiger partial charge is 0.142 e. The molecule has 3 nitrogen and oxygen atoms in total. The van der Waals surface area contributed by atoms with Gasteiger partial charge in [0.1, 0.15) is 5.82 Å². The molecule has 0 radical (unpaired) electrons. The average molecular weight is 213 g/mol. The fourth-order valence-corrected chi connectivity index (χ4v) is 1.46. The zero-order valence-electron chi connectivity index (χ0n) is 8.39. The molecule has 0 aliphatic carbocycles. The van der Waals surface area contributed by atoms with Crippen LogP contribution in [0.2, 0.25) is 0 Å². The fraction of sp³-hybridized carbons (Fsp3) is 0.0833. The molecule has 0 unspecified atom stereocenters. The van der Waals surface area contributed by atoms with Crippen LogP contribution in [0.25, 0.3) is 11.1 Å². The third-order valence-corrected chi connectivity index (χ3v) is 2.17. The maximum atomic E-state index is 13.1. The molecule has 2 rings (SSSR count). The first-order chi connectivity index (χ1) is 7.81. The van der Waals surface area contributed by atoms with Crippen LogP contribution in [-0.4, -0.2) is 9.97 Å². The van der Waals surface area contributed by atoms with E-state index >= 15 is 0 Å². The first-order valence-electron chi connectivity index (χ1n) is 4.73. The minimum absolute atomic E-state index is 0.165. The first-order valence-corrected chi connectivity index (χ1v) is 4.73. The third kappa shape index (κ3) is 2.04. The lowest BCUT2D eigenvalue weighted by Gasteiger charge is -2.05. The molecule has 0 fully saturated rings. The normalized spacial score (nSPS) is 9.75. The highest BCUT2D eigenvalue weighted by Crippen LogP contribution is 2.22. The summed E-state index contributed by atoms with van der Waals surface area (Å²) >= 11 is 0. The summed E-state index contributed by atoms with van der Waals surface area (Å²) in [5.74, 6) is -0.409.